The third kappa shape index (κ3) is 4.76. The van der Waals surface area contributed by atoms with E-state index in [1.165, 1.54) is 16.2 Å². The summed E-state index contributed by atoms with van der Waals surface area (Å²) >= 11 is 1.34. The molecule has 0 spiro atoms. The number of carbonyl (C=O) groups is 2. The number of hydrogen-bond acceptors (Lipinski definition) is 7. The summed E-state index contributed by atoms with van der Waals surface area (Å²) < 4.78 is 8.53. The van der Waals surface area contributed by atoms with Gasteiger partial charge in [-0.1, -0.05) is 55.4 Å². The Hall–Kier alpha value is -4.50. The fourth-order valence-corrected chi connectivity index (χ4v) is 6.37. The van der Waals surface area contributed by atoms with E-state index in [-0.39, 0.29) is 11.3 Å². The average molecular weight is 567 g/mol. The van der Waals surface area contributed by atoms with Gasteiger partial charge >= 0.3 is 5.91 Å². The van der Waals surface area contributed by atoms with Crippen LogP contribution in [0.2, 0.25) is 0 Å². The van der Waals surface area contributed by atoms with Gasteiger partial charge < -0.3 is 9.84 Å². The van der Waals surface area contributed by atoms with Crippen LogP contribution in [0.3, 0.4) is 0 Å². The van der Waals surface area contributed by atoms with E-state index in [1.807, 2.05) is 67.6 Å². The first-order valence-corrected chi connectivity index (χ1v) is 14.5. The summed E-state index contributed by atoms with van der Waals surface area (Å²) in [6.45, 7) is 6.53. The Morgan fingerprint density at radius 1 is 1.02 bits per heavy atom. The highest BCUT2D eigenvalue weighted by molar-refractivity contribution is 7.22. The number of ketones is 1. The number of pyridine rings is 1. The predicted octanol–water partition coefficient (Wildman–Crippen LogP) is 6.76. The van der Waals surface area contributed by atoms with Gasteiger partial charge in [-0.2, -0.15) is 0 Å². The lowest BCUT2D eigenvalue weighted by molar-refractivity contribution is -0.132. The normalized spacial score (nSPS) is 16.8. The number of imidazole rings is 1. The first kappa shape index (κ1) is 26.7. The maximum absolute atomic E-state index is 13.7. The van der Waals surface area contributed by atoms with Gasteiger partial charge in [0.25, 0.3) is 5.78 Å². The highest BCUT2D eigenvalue weighted by atomic mass is 32.1. The van der Waals surface area contributed by atoms with Crippen LogP contribution in [0, 0.1) is 13.8 Å². The number of rotatable bonds is 8. The topological polar surface area (TPSA) is 97.0 Å². The number of anilines is 1. The number of hydrogen-bond donors (Lipinski definition) is 1. The minimum absolute atomic E-state index is 0.00389. The van der Waals surface area contributed by atoms with Crippen molar-refractivity contribution >= 4 is 49.8 Å². The van der Waals surface area contributed by atoms with Crippen molar-refractivity contribution in [1.29, 1.82) is 0 Å². The van der Waals surface area contributed by atoms with Gasteiger partial charge in [-0.25, -0.2) is 9.97 Å². The smallest absolute Gasteiger partial charge is 0.301 e. The van der Waals surface area contributed by atoms with Gasteiger partial charge in [0.15, 0.2) is 10.9 Å². The molecule has 8 nitrogen and oxygen atoms in total. The van der Waals surface area contributed by atoms with Crippen molar-refractivity contribution in [3.8, 4) is 5.75 Å². The van der Waals surface area contributed by atoms with Crippen LogP contribution in [0.4, 0.5) is 5.13 Å². The number of amides is 1. The number of carbonyl (C=O) groups excluding carboxylic acids is 2. The first-order valence-electron chi connectivity index (χ1n) is 13.7. The summed E-state index contributed by atoms with van der Waals surface area (Å²) in [5, 5.41) is 12.1. The van der Waals surface area contributed by atoms with Crippen molar-refractivity contribution in [1.82, 2.24) is 14.4 Å². The molecule has 1 amide bonds. The second-order valence-electron chi connectivity index (χ2n) is 10.2. The number of fused-ring (bicyclic) bond motifs is 2. The molecule has 1 fully saturated rings. The minimum Gasteiger partial charge on any atom is -0.505 e. The van der Waals surface area contributed by atoms with Crippen LogP contribution in [0.1, 0.15) is 54.7 Å². The van der Waals surface area contributed by atoms with E-state index in [0.29, 0.717) is 40.1 Å². The van der Waals surface area contributed by atoms with Gasteiger partial charge in [0.05, 0.1) is 34.1 Å². The number of benzene rings is 2. The lowest BCUT2D eigenvalue weighted by Gasteiger charge is -2.23. The molecule has 4 heterocycles. The standard InChI is InChI=1S/C32H30N4O4S/c1-4-5-8-17-40-22-13-11-21(12-14-22)28-26(29(37)27-20(3)33-25-9-6-7-16-35(25)27)30(38)31(39)36(28)32-34-23-15-10-19(2)18-24(23)41-32/h6-7,9-16,18,28,37H,4-5,8,17H2,1-3H3/b29-26+. The molecule has 1 aliphatic heterocycles. The summed E-state index contributed by atoms with van der Waals surface area (Å²) in [6.07, 6.45) is 4.94. The number of nitrogens with zero attached hydrogens (tertiary/aromatic N) is 4. The molecule has 1 atom stereocenters. The largest absolute Gasteiger partial charge is 0.505 e. The van der Waals surface area contributed by atoms with Gasteiger partial charge in [0.2, 0.25) is 0 Å². The lowest BCUT2D eigenvalue weighted by Crippen LogP contribution is -2.29. The predicted molar refractivity (Wildman–Crippen MR) is 161 cm³/mol. The van der Waals surface area contributed by atoms with E-state index in [0.717, 1.165) is 35.0 Å². The fourth-order valence-electron chi connectivity index (χ4n) is 5.28. The highest BCUT2D eigenvalue weighted by Crippen LogP contribution is 2.45. The average Bonchev–Trinajstić information content (AvgIpc) is 3.61. The molecular formula is C32H30N4O4S. The second-order valence-corrected chi connectivity index (χ2v) is 11.2. The summed E-state index contributed by atoms with van der Waals surface area (Å²) in [5.41, 5.74) is 4.02. The molecule has 0 saturated carbocycles. The van der Waals surface area contributed by atoms with Crippen molar-refractivity contribution in [3.05, 3.63) is 94.9 Å². The monoisotopic (exact) mass is 566 g/mol. The van der Waals surface area contributed by atoms with Crippen LogP contribution < -0.4 is 9.64 Å². The van der Waals surface area contributed by atoms with Crippen molar-refractivity contribution < 1.29 is 19.4 Å². The zero-order valence-corrected chi connectivity index (χ0v) is 23.9. The third-order valence-corrected chi connectivity index (χ3v) is 8.34. The SMILES string of the molecule is CCCCCOc1ccc(C2/C(=C(\O)c3c(C)nc4ccccn34)C(=O)C(=O)N2c2nc3ccc(C)cc3s2)cc1. The molecule has 41 heavy (non-hydrogen) atoms. The van der Waals surface area contributed by atoms with Gasteiger partial charge in [0, 0.05) is 6.20 Å². The third-order valence-electron chi connectivity index (χ3n) is 7.32. The minimum atomic E-state index is -0.889. The molecule has 1 N–H and O–H groups in total. The Balaban J connectivity index is 1.50. The van der Waals surface area contributed by atoms with E-state index >= 15 is 0 Å². The van der Waals surface area contributed by atoms with Crippen molar-refractivity contribution in [2.75, 3.05) is 11.5 Å². The van der Waals surface area contributed by atoms with Gasteiger partial charge in [-0.15, -0.1) is 0 Å². The van der Waals surface area contributed by atoms with E-state index in [2.05, 4.69) is 11.9 Å². The van der Waals surface area contributed by atoms with Crippen LogP contribution >= 0.6 is 11.3 Å². The molecule has 0 aliphatic carbocycles. The lowest BCUT2D eigenvalue weighted by atomic mass is 9.96. The van der Waals surface area contributed by atoms with Gasteiger partial charge in [-0.05, 0) is 67.8 Å². The molecule has 208 valence electrons. The van der Waals surface area contributed by atoms with E-state index in [1.54, 1.807) is 17.5 Å². The maximum atomic E-state index is 13.7. The molecule has 0 radical (unpaired) electrons. The second kappa shape index (κ2) is 10.8. The number of unbranched alkanes of at least 4 members (excludes halogenated alkanes) is 2. The van der Waals surface area contributed by atoms with Crippen molar-refractivity contribution in [2.24, 2.45) is 0 Å². The number of aryl methyl sites for hydroxylation is 2. The van der Waals surface area contributed by atoms with Crippen molar-refractivity contribution in [2.45, 2.75) is 46.1 Å². The molecule has 1 saturated heterocycles. The fraction of sp³-hybridized carbons (Fsp3) is 0.250. The summed E-state index contributed by atoms with van der Waals surface area (Å²) in [7, 11) is 0. The summed E-state index contributed by atoms with van der Waals surface area (Å²) in [5.74, 6) is -1.08. The van der Waals surface area contributed by atoms with Crippen LogP contribution in [-0.4, -0.2) is 37.8 Å². The Kier molecular flexibility index (Phi) is 7.05. The van der Waals surface area contributed by atoms with E-state index < -0.39 is 17.7 Å². The molecular weight excluding hydrogens is 536 g/mol. The quantitative estimate of drug-likeness (QED) is 0.0965. The Bertz CT molecular complexity index is 1820. The maximum Gasteiger partial charge on any atom is 0.301 e. The zero-order valence-electron chi connectivity index (χ0n) is 23.1. The summed E-state index contributed by atoms with van der Waals surface area (Å²) in [4.78, 5) is 38.1. The van der Waals surface area contributed by atoms with Gasteiger partial charge in [0.1, 0.15) is 17.1 Å². The summed E-state index contributed by atoms with van der Waals surface area (Å²) in [6, 6.07) is 17.8. The van der Waals surface area contributed by atoms with E-state index in [9.17, 15) is 14.7 Å². The zero-order chi connectivity index (χ0) is 28.7. The number of thiazole rings is 1. The highest BCUT2D eigenvalue weighted by Gasteiger charge is 2.48. The molecule has 2 aromatic carbocycles. The first-order chi connectivity index (χ1) is 19.9. The molecule has 3 aromatic heterocycles. The molecule has 6 rings (SSSR count). The van der Waals surface area contributed by atoms with Crippen LogP contribution in [0.5, 0.6) is 5.75 Å². The molecule has 0 bridgehead atoms. The number of Topliss-reactive ketones (excluding diaryl/α,β-unsaturated/α-hetero) is 1. The van der Waals surface area contributed by atoms with Crippen LogP contribution in [0.15, 0.2) is 72.4 Å². The number of aromatic nitrogens is 3. The van der Waals surface area contributed by atoms with Gasteiger partial charge in [-0.3, -0.25) is 18.9 Å². The Labute approximate surface area is 241 Å². The number of aliphatic hydroxyl groups is 1. The molecule has 1 aliphatic rings. The Morgan fingerprint density at radius 2 is 1.83 bits per heavy atom. The molecule has 5 aromatic rings. The van der Waals surface area contributed by atoms with Crippen LogP contribution in [-0.2, 0) is 9.59 Å². The molecule has 1 unspecified atom stereocenters. The number of ether oxygens (including phenoxy) is 1. The van der Waals surface area contributed by atoms with E-state index in [4.69, 9.17) is 9.72 Å². The number of aliphatic hydroxyl groups excluding tert-OH is 1. The van der Waals surface area contributed by atoms with Crippen molar-refractivity contribution in [3.63, 3.8) is 0 Å². The Morgan fingerprint density at radius 3 is 2.61 bits per heavy atom. The van der Waals surface area contributed by atoms with Crippen LogP contribution in [0.25, 0.3) is 21.6 Å². The molecule has 9 heteroatoms.